The molecule has 3 rings (SSSR count). The standard InChI is InChI=1S/C25H29ClN2O6/c1-33-21-16-17(5-10-20(21)34-15-14-28-22(29)11-12-23(28)30)4-2-3-13-27-24(25(31)32)18-6-8-19(26)9-7-18/h5-10,16,24,27H,2-4,11-15H2,1H3,(H,31,32). The van der Waals surface area contributed by atoms with E-state index in [0.29, 0.717) is 28.6 Å². The Hall–Kier alpha value is -3.10. The number of carbonyl (C=O) groups is 3. The van der Waals surface area contributed by atoms with E-state index in [0.717, 1.165) is 24.8 Å². The quantitative estimate of drug-likeness (QED) is 0.327. The van der Waals surface area contributed by atoms with Gasteiger partial charge >= 0.3 is 5.97 Å². The van der Waals surface area contributed by atoms with E-state index in [2.05, 4.69) is 5.32 Å². The van der Waals surface area contributed by atoms with Crippen molar-refractivity contribution < 1.29 is 29.0 Å². The lowest BCUT2D eigenvalue weighted by molar-refractivity contribution is -0.140. The molecule has 1 heterocycles. The van der Waals surface area contributed by atoms with Crippen LogP contribution in [-0.2, 0) is 20.8 Å². The molecule has 0 saturated carbocycles. The first-order chi connectivity index (χ1) is 16.4. The van der Waals surface area contributed by atoms with Crippen LogP contribution in [0.4, 0.5) is 0 Å². The minimum atomic E-state index is -0.930. The van der Waals surface area contributed by atoms with E-state index >= 15 is 0 Å². The van der Waals surface area contributed by atoms with Crippen molar-refractivity contribution in [3.8, 4) is 11.5 Å². The molecule has 0 aromatic heterocycles. The number of unbranched alkanes of at least 4 members (excludes halogenated alkanes) is 1. The second-order valence-corrected chi connectivity index (χ2v) is 8.44. The Morgan fingerprint density at radius 2 is 1.79 bits per heavy atom. The molecule has 1 atom stereocenters. The van der Waals surface area contributed by atoms with Crippen LogP contribution in [0.3, 0.4) is 0 Å². The molecular formula is C25H29ClN2O6. The van der Waals surface area contributed by atoms with Gasteiger partial charge in [-0.3, -0.25) is 19.3 Å². The number of halogens is 1. The minimum absolute atomic E-state index is 0.159. The first-order valence-corrected chi connectivity index (χ1v) is 11.6. The van der Waals surface area contributed by atoms with Crippen LogP contribution >= 0.6 is 11.6 Å². The second-order valence-electron chi connectivity index (χ2n) is 8.01. The Kier molecular flexibility index (Phi) is 9.30. The van der Waals surface area contributed by atoms with Gasteiger partial charge in [0.1, 0.15) is 12.6 Å². The number of benzene rings is 2. The van der Waals surface area contributed by atoms with E-state index < -0.39 is 12.0 Å². The third-order valence-electron chi connectivity index (χ3n) is 5.65. The molecule has 9 heteroatoms. The summed E-state index contributed by atoms with van der Waals surface area (Å²) in [4.78, 5) is 36.2. The summed E-state index contributed by atoms with van der Waals surface area (Å²) in [6.07, 6.45) is 3.00. The van der Waals surface area contributed by atoms with Crippen LogP contribution in [0.2, 0.25) is 5.02 Å². The summed E-state index contributed by atoms with van der Waals surface area (Å²) in [6.45, 7) is 0.992. The lowest BCUT2D eigenvalue weighted by Crippen LogP contribution is -2.33. The number of methoxy groups -OCH3 is 1. The number of ether oxygens (including phenoxy) is 2. The normalized spacial score (nSPS) is 14.4. The van der Waals surface area contributed by atoms with Gasteiger partial charge in [-0.25, -0.2) is 0 Å². The van der Waals surface area contributed by atoms with Gasteiger partial charge in [-0.2, -0.15) is 0 Å². The van der Waals surface area contributed by atoms with Gasteiger partial charge in [-0.05, 0) is 61.2 Å². The number of carbonyl (C=O) groups excluding carboxylic acids is 2. The molecule has 2 aromatic rings. The van der Waals surface area contributed by atoms with Gasteiger partial charge in [0, 0.05) is 17.9 Å². The predicted octanol–water partition coefficient (Wildman–Crippen LogP) is 3.61. The van der Waals surface area contributed by atoms with Crippen LogP contribution in [-0.4, -0.2) is 54.6 Å². The Bertz CT molecular complexity index is 995. The van der Waals surface area contributed by atoms with Gasteiger partial charge in [-0.15, -0.1) is 0 Å². The molecule has 1 unspecified atom stereocenters. The van der Waals surface area contributed by atoms with E-state index in [1.54, 1.807) is 31.4 Å². The third-order valence-corrected chi connectivity index (χ3v) is 5.90. The Morgan fingerprint density at radius 3 is 2.44 bits per heavy atom. The monoisotopic (exact) mass is 488 g/mol. The summed E-state index contributed by atoms with van der Waals surface area (Å²) in [5.74, 6) is -0.106. The Balaban J connectivity index is 1.43. The summed E-state index contributed by atoms with van der Waals surface area (Å²) >= 11 is 5.88. The summed E-state index contributed by atoms with van der Waals surface area (Å²) in [5, 5.41) is 13.2. The third kappa shape index (κ3) is 6.95. The molecule has 0 spiro atoms. The zero-order valence-electron chi connectivity index (χ0n) is 19.1. The van der Waals surface area contributed by atoms with Crippen LogP contribution < -0.4 is 14.8 Å². The van der Waals surface area contributed by atoms with Crippen LogP contribution in [0.5, 0.6) is 11.5 Å². The van der Waals surface area contributed by atoms with Crippen LogP contribution in [0, 0.1) is 0 Å². The molecule has 8 nitrogen and oxygen atoms in total. The van der Waals surface area contributed by atoms with Crippen molar-refractivity contribution in [3.05, 3.63) is 58.6 Å². The van der Waals surface area contributed by atoms with Crippen LogP contribution in [0.15, 0.2) is 42.5 Å². The largest absolute Gasteiger partial charge is 0.493 e. The van der Waals surface area contributed by atoms with Crippen LogP contribution in [0.1, 0.15) is 42.9 Å². The minimum Gasteiger partial charge on any atom is -0.493 e. The van der Waals surface area contributed by atoms with E-state index in [1.807, 2.05) is 18.2 Å². The Labute approximate surface area is 203 Å². The molecule has 1 aliphatic rings. The molecule has 1 aliphatic heterocycles. The molecule has 1 saturated heterocycles. The zero-order valence-corrected chi connectivity index (χ0v) is 19.8. The number of aliphatic carboxylic acids is 1. The molecule has 1 fully saturated rings. The first-order valence-electron chi connectivity index (χ1n) is 11.2. The number of imide groups is 1. The number of nitrogens with zero attached hydrogens (tertiary/aromatic N) is 1. The van der Waals surface area contributed by atoms with E-state index in [1.165, 1.54) is 4.90 Å². The number of hydrogen-bond acceptors (Lipinski definition) is 6. The number of hydrogen-bond donors (Lipinski definition) is 2. The maximum Gasteiger partial charge on any atom is 0.325 e. The first kappa shape index (κ1) is 25.5. The molecule has 2 N–H and O–H groups in total. The summed E-state index contributed by atoms with van der Waals surface area (Å²) in [6, 6.07) is 11.7. The van der Waals surface area contributed by atoms with Crippen molar-refractivity contribution in [1.82, 2.24) is 10.2 Å². The van der Waals surface area contributed by atoms with E-state index in [9.17, 15) is 19.5 Å². The smallest absolute Gasteiger partial charge is 0.325 e. The van der Waals surface area contributed by atoms with Gasteiger partial charge in [-0.1, -0.05) is 29.8 Å². The van der Waals surface area contributed by atoms with Crippen molar-refractivity contribution in [2.75, 3.05) is 26.8 Å². The number of rotatable bonds is 13. The van der Waals surface area contributed by atoms with Crippen molar-refractivity contribution in [1.29, 1.82) is 0 Å². The number of carboxylic acids is 1. The summed E-state index contributed by atoms with van der Waals surface area (Å²) in [7, 11) is 1.56. The van der Waals surface area contributed by atoms with Crippen molar-refractivity contribution >= 4 is 29.4 Å². The number of likely N-dealkylation sites (tertiary alicyclic amines) is 1. The highest BCUT2D eigenvalue weighted by molar-refractivity contribution is 6.30. The number of amides is 2. The molecule has 34 heavy (non-hydrogen) atoms. The fourth-order valence-corrected chi connectivity index (χ4v) is 3.94. The average Bonchev–Trinajstić information content (AvgIpc) is 3.14. The highest BCUT2D eigenvalue weighted by Crippen LogP contribution is 2.29. The molecular weight excluding hydrogens is 460 g/mol. The fraction of sp³-hybridized carbons (Fsp3) is 0.400. The predicted molar refractivity (Wildman–Crippen MR) is 127 cm³/mol. The molecule has 2 amide bonds. The number of nitrogens with one attached hydrogen (secondary N) is 1. The number of aryl methyl sites for hydroxylation is 1. The molecule has 0 bridgehead atoms. The summed E-state index contributed by atoms with van der Waals surface area (Å²) in [5.41, 5.74) is 1.73. The summed E-state index contributed by atoms with van der Waals surface area (Å²) < 4.78 is 11.2. The fourth-order valence-electron chi connectivity index (χ4n) is 3.81. The van der Waals surface area contributed by atoms with E-state index in [-0.39, 0.29) is 37.8 Å². The molecule has 182 valence electrons. The van der Waals surface area contributed by atoms with Crippen LogP contribution in [0.25, 0.3) is 0 Å². The highest BCUT2D eigenvalue weighted by atomic mass is 35.5. The lowest BCUT2D eigenvalue weighted by Gasteiger charge is -2.16. The van der Waals surface area contributed by atoms with Gasteiger partial charge in [0.05, 0.1) is 13.7 Å². The van der Waals surface area contributed by atoms with E-state index in [4.69, 9.17) is 21.1 Å². The average molecular weight is 489 g/mol. The maximum absolute atomic E-state index is 11.7. The maximum atomic E-state index is 11.7. The highest BCUT2D eigenvalue weighted by Gasteiger charge is 2.28. The SMILES string of the molecule is COc1cc(CCCCNC(C(=O)O)c2ccc(Cl)cc2)ccc1OCCN1C(=O)CCC1=O. The van der Waals surface area contributed by atoms with Gasteiger partial charge < -0.3 is 19.9 Å². The van der Waals surface area contributed by atoms with Crippen molar-refractivity contribution in [2.45, 2.75) is 38.1 Å². The van der Waals surface area contributed by atoms with Gasteiger partial charge in [0.15, 0.2) is 11.5 Å². The van der Waals surface area contributed by atoms with Crippen molar-refractivity contribution in [3.63, 3.8) is 0 Å². The van der Waals surface area contributed by atoms with Crippen molar-refractivity contribution in [2.24, 2.45) is 0 Å². The topological polar surface area (TPSA) is 105 Å². The molecule has 2 aromatic carbocycles. The van der Waals surface area contributed by atoms with Gasteiger partial charge in [0.2, 0.25) is 11.8 Å². The lowest BCUT2D eigenvalue weighted by atomic mass is 10.1. The molecule has 0 radical (unpaired) electrons. The Morgan fingerprint density at radius 1 is 1.09 bits per heavy atom. The molecule has 0 aliphatic carbocycles. The van der Waals surface area contributed by atoms with Gasteiger partial charge in [0.25, 0.3) is 0 Å². The zero-order chi connectivity index (χ0) is 24.5. The number of carboxylic acid groups (broad SMARTS) is 1. The second kappa shape index (κ2) is 12.4.